The summed E-state index contributed by atoms with van der Waals surface area (Å²) in [6, 6.07) is 1.47. The summed E-state index contributed by atoms with van der Waals surface area (Å²) in [6.45, 7) is 1.01. The fraction of sp³-hybridized carbons (Fsp3) is 0.500. The summed E-state index contributed by atoms with van der Waals surface area (Å²) in [5, 5.41) is 2.78. The third-order valence-corrected chi connectivity index (χ3v) is 1.43. The summed E-state index contributed by atoms with van der Waals surface area (Å²) < 4.78 is 28.4. The van der Waals surface area contributed by atoms with Crippen LogP contribution in [-0.4, -0.2) is 30.0 Å². The van der Waals surface area contributed by atoms with Crippen molar-refractivity contribution >= 4 is 5.82 Å². The highest BCUT2D eigenvalue weighted by atomic mass is 19.3. The number of rotatable bonds is 4. The largest absolute Gasteiger partial charge is 0.471 e. The van der Waals surface area contributed by atoms with Crippen LogP contribution in [0.4, 0.5) is 14.6 Å². The molecule has 1 rings (SSSR count). The van der Waals surface area contributed by atoms with Gasteiger partial charge in [0, 0.05) is 13.1 Å². The SMILES string of the molecule is CNc1cc(OCC(F)F)nc(C)n1. The highest BCUT2D eigenvalue weighted by Gasteiger charge is 2.06. The predicted molar refractivity (Wildman–Crippen MR) is 47.8 cm³/mol. The highest BCUT2D eigenvalue weighted by molar-refractivity contribution is 5.37. The molecule has 78 valence electrons. The maximum atomic E-state index is 11.8. The molecule has 1 aromatic heterocycles. The Bertz CT molecular complexity index is 307. The number of alkyl halides is 2. The van der Waals surface area contributed by atoms with Crippen molar-refractivity contribution in [2.45, 2.75) is 13.3 Å². The van der Waals surface area contributed by atoms with Gasteiger partial charge in [0.15, 0.2) is 6.61 Å². The summed E-state index contributed by atoms with van der Waals surface area (Å²) >= 11 is 0. The van der Waals surface area contributed by atoms with E-state index in [9.17, 15) is 8.78 Å². The number of aromatic nitrogens is 2. The molecule has 1 N–H and O–H groups in total. The smallest absolute Gasteiger partial charge is 0.272 e. The van der Waals surface area contributed by atoms with E-state index in [-0.39, 0.29) is 5.88 Å². The van der Waals surface area contributed by atoms with Gasteiger partial charge in [-0.2, -0.15) is 4.98 Å². The zero-order chi connectivity index (χ0) is 10.6. The molecule has 0 aliphatic carbocycles. The molecule has 1 aromatic rings. The zero-order valence-corrected chi connectivity index (χ0v) is 7.92. The molecule has 0 unspecified atom stereocenters. The van der Waals surface area contributed by atoms with Crippen LogP contribution in [0.3, 0.4) is 0 Å². The van der Waals surface area contributed by atoms with Crippen molar-refractivity contribution in [2.24, 2.45) is 0 Å². The van der Waals surface area contributed by atoms with Gasteiger partial charge in [-0.3, -0.25) is 0 Å². The van der Waals surface area contributed by atoms with Crippen molar-refractivity contribution in [1.29, 1.82) is 0 Å². The maximum Gasteiger partial charge on any atom is 0.272 e. The van der Waals surface area contributed by atoms with Gasteiger partial charge >= 0.3 is 0 Å². The third kappa shape index (κ3) is 3.12. The van der Waals surface area contributed by atoms with E-state index in [1.54, 1.807) is 14.0 Å². The van der Waals surface area contributed by atoms with Gasteiger partial charge in [0.2, 0.25) is 5.88 Å². The van der Waals surface area contributed by atoms with Crippen molar-refractivity contribution in [2.75, 3.05) is 19.0 Å². The van der Waals surface area contributed by atoms with E-state index in [0.29, 0.717) is 11.6 Å². The lowest BCUT2D eigenvalue weighted by Crippen LogP contribution is -2.09. The molecule has 0 aromatic carbocycles. The molecule has 14 heavy (non-hydrogen) atoms. The van der Waals surface area contributed by atoms with Crippen molar-refractivity contribution in [3.8, 4) is 5.88 Å². The van der Waals surface area contributed by atoms with E-state index in [1.807, 2.05) is 0 Å². The van der Waals surface area contributed by atoms with Crippen molar-refractivity contribution in [3.63, 3.8) is 0 Å². The van der Waals surface area contributed by atoms with E-state index >= 15 is 0 Å². The molecule has 0 amide bonds. The molecular formula is C8H11F2N3O. The quantitative estimate of drug-likeness (QED) is 0.804. The number of aryl methyl sites for hydroxylation is 1. The van der Waals surface area contributed by atoms with Crippen LogP contribution in [-0.2, 0) is 0 Å². The first-order valence-electron chi connectivity index (χ1n) is 4.06. The summed E-state index contributed by atoms with van der Waals surface area (Å²) in [6.07, 6.45) is -2.50. The number of nitrogens with zero attached hydrogens (tertiary/aromatic N) is 2. The lowest BCUT2D eigenvalue weighted by Gasteiger charge is -2.06. The van der Waals surface area contributed by atoms with Crippen LogP contribution in [0, 0.1) is 6.92 Å². The van der Waals surface area contributed by atoms with Gasteiger partial charge in [0.1, 0.15) is 11.6 Å². The second kappa shape index (κ2) is 4.69. The summed E-state index contributed by atoms with van der Waals surface area (Å²) in [4.78, 5) is 7.84. The van der Waals surface area contributed by atoms with Gasteiger partial charge in [-0.15, -0.1) is 0 Å². The molecule has 0 bridgehead atoms. The van der Waals surface area contributed by atoms with Gasteiger partial charge in [-0.25, -0.2) is 13.8 Å². The lowest BCUT2D eigenvalue weighted by molar-refractivity contribution is 0.0794. The molecule has 4 nitrogen and oxygen atoms in total. The number of anilines is 1. The van der Waals surface area contributed by atoms with Crippen molar-refractivity contribution in [1.82, 2.24) is 9.97 Å². The van der Waals surface area contributed by atoms with Gasteiger partial charge in [-0.1, -0.05) is 0 Å². The fourth-order valence-electron chi connectivity index (χ4n) is 0.891. The highest BCUT2D eigenvalue weighted by Crippen LogP contribution is 2.13. The Morgan fingerprint density at radius 1 is 1.50 bits per heavy atom. The monoisotopic (exact) mass is 203 g/mol. The van der Waals surface area contributed by atoms with Crippen LogP contribution >= 0.6 is 0 Å². The Balaban J connectivity index is 2.71. The molecule has 6 heteroatoms. The molecule has 0 atom stereocenters. The second-order valence-corrected chi connectivity index (χ2v) is 2.59. The van der Waals surface area contributed by atoms with Crippen LogP contribution in [0.1, 0.15) is 5.82 Å². The molecule has 0 fully saturated rings. The molecule has 0 aliphatic rings. The minimum Gasteiger partial charge on any atom is -0.471 e. The molecular weight excluding hydrogens is 192 g/mol. The van der Waals surface area contributed by atoms with E-state index in [2.05, 4.69) is 15.3 Å². The molecule has 0 spiro atoms. The van der Waals surface area contributed by atoms with Crippen LogP contribution in [0.2, 0.25) is 0 Å². The van der Waals surface area contributed by atoms with Crippen molar-refractivity contribution in [3.05, 3.63) is 11.9 Å². The Kier molecular flexibility index (Phi) is 3.55. The fourth-order valence-corrected chi connectivity index (χ4v) is 0.891. The number of nitrogens with one attached hydrogen (secondary N) is 1. The first-order valence-corrected chi connectivity index (χ1v) is 4.06. The number of ether oxygens (including phenoxy) is 1. The van der Waals surface area contributed by atoms with E-state index in [4.69, 9.17) is 4.74 Å². The van der Waals surface area contributed by atoms with Crippen LogP contribution in [0.15, 0.2) is 6.07 Å². The second-order valence-electron chi connectivity index (χ2n) is 2.59. The average Bonchev–Trinajstić information content (AvgIpc) is 2.14. The normalized spacial score (nSPS) is 10.4. The minimum atomic E-state index is -2.50. The minimum absolute atomic E-state index is 0.155. The van der Waals surface area contributed by atoms with E-state index in [1.165, 1.54) is 6.07 Å². The van der Waals surface area contributed by atoms with E-state index < -0.39 is 13.0 Å². The van der Waals surface area contributed by atoms with Gasteiger partial charge in [0.05, 0.1) is 0 Å². The Labute approximate surface area is 80.3 Å². The predicted octanol–water partition coefficient (Wildman–Crippen LogP) is 1.47. The Morgan fingerprint density at radius 3 is 2.79 bits per heavy atom. The van der Waals surface area contributed by atoms with Crippen LogP contribution in [0.25, 0.3) is 0 Å². The topological polar surface area (TPSA) is 47.0 Å². The summed E-state index contributed by atoms with van der Waals surface area (Å²) in [5.41, 5.74) is 0. The molecule has 0 radical (unpaired) electrons. The van der Waals surface area contributed by atoms with Gasteiger partial charge in [0.25, 0.3) is 6.43 Å². The number of halogens is 2. The first kappa shape index (κ1) is 10.6. The average molecular weight is 203 g/mol. The number of hydrogen-bond donors (Lipinski definition) is 1. The molecule has 1 heterocycles. The van der Waals surface area contributed by atoms with Gasteiger partial charge in [-0.05, 0) is 6.92 Å². The Hall–Kier alpha value is -1.46. The zero-order valence-electron chi connectivity index (χ0n) is 7.92. The first-order chi connectivity index (χ1) is 6.61. The maximum absolute atomic E-state index is 11.8. The Morgan fingerprint density at radius 2 is 2.21 bits per heavy atom. The number of hydrogen-bond acceptors (Lipinski definition) is 4. The molecule has 0 saturated heterocycles. The van der Waals surface area contributed by atoms with Crippen molar-refractivity contribution < 1.29 is 13.5 Å². The summed E-state index contributed by atoms with van der Waals surface area (Å²) in [7, 11) is 1.68. The lowest BCUT2D eigenvalue weighted by atomic mass is 10.5. The van der Waals surface area contributed by atoms with Gasteiger partial charge < -0.3 is 10.1 Å². The standard InChI is InChI=1S/C8H11F2N3O/c1-5-12-7(11-2)3-8(13-5)14-4-6(9)10/h3,6H,4H2,1-2H3,(H,11,12,13). The molecule has 0 aliphatic heterocycles. The van der Waals surface area contributed by atoms with Crippen LogP contribution in [0.5, 0.6) is 5.88 Å². The van der Waals surface area contributed by atoms with Crippen LogP contribution < -0.4 is 10.1 Å². The molecule has 0 saturated carbocycles. The third-order valence-electron chi connectivity index (χ3n) is 1.43. The summed E-state index contributed by atoms with van der Waals surface area (Å²) in [5.74, 6) is 1.17. The van der Waals surface area contributed by atoms with E-state index in [0.717, 1.165) is 0 Å².